The highest BCUT2D eigenvalue weighted by molar-refractivity contribution is 7.99. The Morgan fingerprint density at radius 3 is 2.94 bits per heavy atom. The van der Waals surface area contributed by atoms with Crippen LogP contribution in [0.5, 0.6) is 0 Å². The second kappa shape index (κ2) is 4.47. The van der Waals surface area contributed by atoms with Crippen LogP contribution in [0.2, 0.25) is 0 Å². The molecule has 0 fully saturated rings. The van der Waals surface area contributed by atoms with Crippen molar-refractivity contribution in [1.29, 1.82) is 0 Å². The molecule has 0 unspecified atom stereocenters. The summed E-state index contributed by atoms with van der Waals surface area (Å²) in [5.41, 5.74) is 7.75. The molecule has 2 N–H and O–H groups in total. The number of imidazole rings is 2. The first-order valence-electron chi connectivity index (χ1n) is 5.61. The number of rotatable bonds is 3. The van der Waals surface area contributed by atoms with Crippen LogP contribution in [0.25, 0.3) is 5.65 Å². The van der Waals surface area contributed by atoms with E-state index >= 15 is 0 Å². The summed E-state index contributed by atoms with van der Waals surface area (Å²) in [6.45, 7) is 0.456. The van der Waals surface area contributed by atoms with Crippen molar-refractivity contribution in [3.05, 3.63) is 42.5 Å². The fourth-order valence-corrected chi connectivity index (χ4v) is 2.76. The minimum absolute atomic E-state index is 0.456. The molecule has 0 aliphatic carbocycles. The van der Waals surface area contributed by atoms with Gasteiger partial charge in [-0.05, 0) is 23.9 Å². The molecule has 18 heavy (non-hydrogen) atoms. The molecule has 3 rings (SSSR count). The smallest absolute Gasteiger partial charge is 0.174 e. The molecule has 0 bridgehead atoms. The molecular formula is C12H13N5S. The Morgan fingerprint density at radius 1 is 1.33 bits per heavy atom. The van der Waals surface area contributed by atoms with Gasteiger partial charge in [0.2, 0.25) is 0 Å². The zero-order chi connectivity index (χ0) is 12.5. The predicted octanol–water partition coefficient (Wildman–Crippen LogP) is 1.68. The number of aromatic nitrogens is 4. The number of hydrogen-bond donors (Lipinski definition) is 1. The molecule has 3 heterocycles. The van der Waals surface area contributed by atoms with Gasteiger partial charge in [0, 0.05) is 32.2 Å². The fourth-order valence-electron chi connectivity index (χ4n) is 1.83. The van der Waals surface area contributed by atoms with Crippen LogP contribution in [0.15, 0.2) is 47.0 Å². The van der Waals surface area contributed by atoms with E-state index in [1.807, 2.05) is 46.6 Å². The molecule has 0 aliphatic heterocycles. The average Bonchev–Trinajstić information content (AvgIpc) is 2.93. The third-order valence-electron chi connectivity index (χ3n) is 2.75. The lowest BCUT2D eigenvalue weighted by atomic mass is 10.4. The van der Waals surface area contributed by atoms with Crippen molar-refractivity contribution in [2.45, 2.75) is 16.7 Å². The molecule has 0 aliphatic rings. The Bertz CT molecular complexity index is 685. The summed E-state index contributed by atoms with van der Waals surface area (Å²) < 4.78 is 3.99. The van der Waals surface area contributed by atoms with E-state index in [-0.39, 0.29) is 0 Å². The third kappa shape index (κ3) is 1.79. The van der Waals surface area contributed by atoms with Gasteiger partial charge in [0.25, 0.3) is 0 Å². The van der Waals surface area contributed by atoms with Crippen LogP contribution >= 0.6 is 11.8 Å². The van der Waals surface area contributed by atoms with E-state index in [1.54, 1.807) is 6.20 Å². The summed E-state index contributed by atoms with van der Waals surface area (Å²) in [5, 5.41) is 1.83. The van der Waals surface area contributed by atoms with Crippen LogP contribution in [0.4, 0.5) is 0 Å². The standard InChI is InChI=1S/C12H13N5S/c1-16-7-5-14-12(16)18-11-9(8-13)17-6-3-2-4-10(17)15-11/h2-7H,8,13H2,1H3. The van der Waals surface area contributed by atoms with Gasteiger partial charge in [-0.25, -0.2) is 9.97 Å². The Labute approximate surface area is 109 Å². The normalized spacial score (nSPS) is 11.2. The van der Waals surface area contributed by atoms with Crippen LogP contribution in [-0.2, 0) is 13.6 Å². The van der Waals surface area contributed by atoms with Crippen molar-refractivity contribution in [2.75, 3.05) is 0 Å². The van der Waals surface area contributed by atoms with E-state index in [9.17, 15) is 0 Å². The maximum atomic E-state index is 5.83. The lowest BCUT2D eigenvalue weighted by Gasteiger charge is -2.01. The molecule has 0 spiro atoms. The molecule has 5 nitrogen and oxygen atoms in total. The monoisotopic (exact) mass is 259 g/mol. The van der Waals surface area contributed by atoms with E-state index in [0.717, 1.165) is 21.5 Å². The summed E-state index contributed by atoms with van der Waals surface area (Å²) >= 11 is 1.54. The molecule has 0 saturated carbocycles. The number of pyridine rings is 1. The molecule has 3 aromatic heterocycles. The Hall–Kier alpha value is -1.79. The highest BCUT2D eigenvalue weighted by Gasteiger charge is 2.13. The minimum Gasteiger partial charge on any atom is -0.329 e. The zero-order valence-corrected chi connectivity index (χ0v) is 10.8. The Kier molecular flexibility index (Phi) is 2.81. The van der Waals surface area contributed by atoms with Crippen LogP contribution in [0.3, 0.4) is 0 Å². The maximum absolute atomic E-state index is 5.83. The zero-order valence-electron chi connectivity index (χ0n) is 9.95. The first-order chi connectivity index (χ1) is 8.79. The van der Waals surface area contributed by atoms with Gasteiger partial charge in [-0.2, -0.15) is 0 Å². The van der Waals surface area contributed by atoms with Gasteiger partial charge in [0.15, 0.2) is 5.16 Å². The van der Waals surface area contributed by atoms with Gasteiger partial charge in [0.05, 0.1) is 5.69 Å². The average molecular weight is 259 g/mol. The molecule has 0 amide bonds. The van der Waals surface area contributed by atoms with E-state index in [0.29, 0.717) is 6.54 Å². The summed E-state index contributed by atoms with van der Waals surface area (Å²) in [7, 11) is 1.97. The van der Waals surface area contributed by atoms with Gasteiger partial charge in [-0.3, -0.25) is 0 Å². The van der Waals surface area contributed by atoms with E-state index < -0.39 is 0 Å². The van der Waals surface area contributed by atoms with Crippen molar-refractivity contribution in [2.24, 2.45) is 12.8 Å². The SMILES string of the molecule is Cn1ccnc1Sc1nc2ccccn2c1CN. The highest BCUT2D eigenvalue weighted by atomic mass is 32.2. The maximum Gasteiger partial charge on any atom is 0.174 e. The summed E-state index contributed by atoms with van der Waals surface area (Å²) in [5.74, 6) is 0. The van der Waals surface area contributed by atoms with E-state index in [4.69, 9.17) is 5.73 Å². The number of fused-ring (bicyclic) bond motifs is 1. The van der Waals surface area contributed by atoms with Crippen molar-refractivity contribution >= 4 is 17.4 Å². The Balaban J connectivity index is 2.09. The predicted molar refractivity (Wildman–Crippen MR) is 70.4 cm³/mol. The third-order valence-corrected chi connectivity index (χ3v) is 3.85. The largest absolute Gasteiger partial charge is 0.329 e. The molecule has 0 atom stereocenters. The second-order valence-corrected chi connectivity index (χ2v) is 4.88. The summed E-state index contributed by atoms with van der Waals surface area (Å²) in [6.07, 6.45) is 5.67. The summed E-state index contributed by atoms with van der Waals surface area (Å²) in [4.78, 5) is 8.88. The lowest BCUT2D eigenvalue weighted by molar-refractivity contribution is 0.787. The quantitative estimate of drug-likeness (QED) is 0.777. The van der Waals surface area contributed by atoms with E-state index in [2.05, 4.69) is 9.97 Å². The van der Waals surface area contributed by atoms with Crippen LogP contribution in [0.1, 0.15) is 5.69 Å². The van der Waals surface area contributed by atoms with Crippen LogP contribution in [-0.4, -0.2) is 18.9 Å². The first kappa shape index (κ1) is 11.3. The van der Waals surface area contributed by atoms with Gasteiger partial charge >= 0.3 is 0 Å². The van der Waals surface area contributed by atoms with E-state index in [1.165, 1.54) is 11.8 Å². The molecule has 0 saturated heterocycles. The van der Waals surface area contributed by atoms with Gasteiger partial charge in [-0.1, -0.05) is 6.07 Å². The number of hydrogen-bond acceptors (Lipinski definition) is 4. The highest BCUT2D eigenvalue weighted by Crippen LogP contribution is 2.28. The molecule has 0 aromatic carbocycles. The van der Waals surface area contributed by atoms with Crippen molar-refractivity contribution in [3.63, 3.8) is 0 Å². The lowest BCUT2D eigenvalue weighted by Crippen LogP contribution is -2.02. The van der Waals surface area contributed by atoms with Crippen molar-refractivity contribution in [1.82, 2.24) is 18.9 Å². The van der Waals surface area contributed by atoms with Gasteiger partial charge in [-0.15, -0.1) is 0 Å². The summed E-state index contributed by atoms with van der Waals surface area (Å²) in [6, 6.07) is 5.92. The molecule has 0 radical (unpaired) electrons. The van der Waals surface area contributed by atoms with Gasteiger partial charge in [0.1, 0.15) is 10.7 Å². The number of nitrogens with two attached hydrogens (primary N) is 1. The molecule has 6 heteroatoms. The van der Waals surface area contributed by atoms with Crippen LogP contribution < -0.4 is 5.73 Å². The fraction of sp³-hybridized carbons (Fsp3) is 0.167. The number of aryl methyl sites for hydroxylation is 1. The molecule has 92 valence electrons. The molecular weight excluding hydrogens is 246 g/mol. The van der Waals surface area contributed by atoms with Gasteiger partial charge < -0.3 is 14.7 Å². The minimum atomic E-state index is 0.456. The van der Waals surface area contributed by atoms with Crippen molar-refractivity contribution in [3.8, 4) is 0 Å². The first-order valence-corrected chi connectivity index (χ1v) is 6.42. The topological polar surface area (TPSA) is 61.1 Å². The Morgan fingerprint density at radius 2 is 2.22 bits per heavy atom. The van der Waals surface area contributed by atoms with Crippen molar-refractivity contribution < 1.29 is 0 Å². The second-order valence-electron chi connectivity index (χ2n) is 3.92. The number of nitrogens with zero attached hydrogens (tertiary/aromatic N) is 4. The molecule has 3 aromatic rings. The van der Waals surface area contributed by atoms with Crippen LogP contribution in [0, 0.1) is 0 Å².